The first kappa shape index (κ1) is 19.4. The average Bonchev–Trinajstić information content (AvgIpc) is 2.97. The number of nitrogens with zero attached hydrogens (tertiary/aromatic N) is 1. The molecular formula is C17H13BrF4N2O3. The van der Waals surface area contributed by atoms with Crippen molar-refractivity contribution in [2.24, 2.45) is 0 Å². The van der Waals surface area contributed by atoms with Crippen molar-refractivity contribution in [2.75, 3.05) is 7.11 Å². The average molecular weight is 449 g/mol. The smallest absolute Gasteiger partial charge is 0.387 e. The van der Waals surface area contributed by atoms with Crippen molar-refractivity contribution in [3.05, 3.63) is 52.3 Å². The van der Waals surface area contributed by atoms with Crippen LogP contribution in [0.4, 0.5) is 17.6 Å². The minimum absolute atomic E-state index is 0.298. The fourth-order valence-electron chi connectivity index (χ4n) is 2.74. The summed E-state index contributed by atoms with van der Waals surface area (Å²) in [5, 5.41) is 0.715. The van der Waals surface area contributed by atoms with E-state index in [-0.39, 0.29) is 11.5 Å². The normalized spacial score (nSPS) is 12.7. The predicted octanol–water partition coefficient (Wildman–Crippen LogP) is 5.26. The van der Waals surface area contributed by atoms with E-state index in [9.17, 15) is 17.6 Å². The van der Waals surface area contributed by atoms with Gasteiger partial charge in [-0.15, -0.1) is 0 Å². The topological polar surface area (TPSA) is 56.4 Å². The molecule has 0 radical (unpaired) electrons. The molecule has 0 amide bonds. The molecule has 144 valence electrons. The van der Waals surface area contributed by atoms with Crippen molar-refractivity contribution in [1.29, 1.82) is 0 Å². The summed E-state index contributed by atoms with van der Waals surface area (Å²) in [5.74, 6) is -0.640. The number of nitrogens with one attached hydrogen (secondary N) is 1. The molecule has 0 aliphatic heterocycles. The van der Waals surface area contributed by atoms with Crippen LogP contribution in [0.3, 0.4) is 0 Å². The molecule has 0 saturated heterocycles. The molecule has 0 saturated carbocycles. The molecule has 3 aromatic rings. The van der Waals surface area contributed by atoms with Gasteiger partial charge in [-0.05, 0) is 39.7 Å². The van der Waals surface area contributed by atoms with Gasteiger partial charge in [-0.1, -0.05) is 0 Å². The van der Waals surface area contributed by atoms with Gasteiger partial charge < -0.3 is 19.2 Å². The summed E-state index contributed by atoms with van der Waals surface area (Å²) in [5.41, 5.74) is 1.52. The summed E-state index contributed by atoms with van der Waals surface area (Å²) in [6, 6.07) is 5.32. The summed E-state index contributed by atoms with van der Waals surface area (Å²) in [7, 11) is 1.41. The Morgan fingerprint density at radius 1 is 1.00 bits per heavy atom. The van der Waals surface area contributed by atoms with Crippen LogP contribution in [0.1, 0.15) is 17.2 Å². The van der Waals surface area contributed by atoms with Crippen LogP contribution in [0.2, 0.25) is 0 Å². The molecule has 0 aliphatic rings. The first-order valence-electron chi connectivity index (χ1n) is 7.57. The maximum Gasteiger partial charge on any atom is 0.387 e. The molecule has 2 heterocycles. The number of H-pyrrole nitrogens is 1. The standard InChI is InChI=1S/C17H13BrF4N2O3/c1-25-14(13-7-24-15-12(13)4-9(18)6-23-15)8-2-10(26-16(19)20)5-11(3-8)27-17(21)22/h2-7,14,16-17H,1H3,(H,23,24). The van der Waals surface area contributed by atoms with Crippen molar-refractivity contribution in [3.63, 3.8) is 0 Å². The number of aromatic amines is 1. The van der Waals surface area contributed by atoms with Crippen molar-refractivity contribution < 1.29 is 31.8 Å². The minimum Gasteiger partial charge on any atom is -0.435 e. The number of alkyl halides is 4. The molecular weight excluding hydrogens is 436 g/mol. The fourth-order valence-corrected chi connectivity index (χ4v) is 3.08. The minimum atomic E-state index is -3.12. The van der Waals surface area contributed by atoms with Crippen LogP contribution < -0.4 is 9.47 Å². The summed E-state index contributed by atoms with van der Waals surface area (Å²) in [6.45, 7) is -6.23. The molecule has 5 nitrogen and oxygen atoms in total. The van der Waals surface area contributed by atoms with Gasteiger partial charge in [0.15, 0.2) is 0 Å². The van der Waals surface area contributed by atoms with Crippen molar-refractivity contribution in [2.45, 2.75) is 19.3 Å². The van der Waals surface area contributed by atoms with Crippen LogP contribution in [0, 0.1) is 0 Å². The molecule has 0 bridgehead atoms. The lowest BCUT2D eigenvalue weighted by atomic mass is 10.0. The Morgan fingerprint density at radius 2 is 1.63 bits per heavy atom. The molecule has 1 atom stereocenters. The quantitative estimate of drug-likeness (QED) is 0.500. The van der Waals surface area contributed by atoms with Crippen LogP contribution in [0.5, 0.6) is 11.5 Å². The maximum absolute atomic E-state index is 12.6. The van der Waals surface area contributed by atoms with Gasteiger partial charge in [0.25, 0.3) is 0 Å². The number of pyridine rings is 1. The summed E-state index contributed by atoms with van der Waals surface area (Å²) in [4.78, 5) is 7.20. The van der Waals surface area contributed by atoms with Gasteiger partial charge in [0.05, 0.1) is 0 Å². The molecule has 1 aromatic carbocycles. The van der Waals surface area contributed by atoms with Crippen LogP contribution in [0.25, 0.3) is 11.0 Å². The van der Waals surface area contributed by atoms with E-state index >= 15 is 0 Å². The monoisotopic (exact) mass is 448 g/mol. The lowest BCUT2D eigenvalue weighted by Crippen LogP contribution is -2.08. The van der Waals surface area contributed by atoms with Gasteiger partial charge >= 0.3 is 13.2 Å². The Labute approximate surface area is 159 Å². The fraction of sp³-hybridized carbons (Fsp3) is 0.235. The van der Waals surface area contributed by atoms with E-state index in [1.807, 2.05) is 0 Å². The van der Waals surface area contributed by atoms with E-state index < -0.39 is 19.3 Å². The first-order chi connectivity index (χ1) is 12.9. The summed E-state index contributed by atoms with van der Waals surface area (Å²) in [6.07, 6.45) is 2.49. The van der Waals surface area contributed by atoms with Crippen molar-refractivity contribution >= 4 is 27.0 Å². The van der Waals surface area contributed by atoms with Crippen molar-refractivity contribution in [3.8, 4) is 11.5 Å². The van der Waals surface area contributed by atoms with E-state index in [2.05, 4.69) is 35.4 Å². The van der Waals surface area contributed by atoms with E-state index in [4.69, 9.17) is 4.74 Å². The molecule has 2 aromatic heterocycles. The van der Waals surface area contributed by atoms with Gasteiger partial charge in [-0.25, -0.2) is 4.98 Å². The Hall–Kier alpha value is -2.33. The third-order valence-electron chi connectivity index (χ3n) is 3.70. The molecule has 27 heavy (non-hydrogen) atoms. The van der Waals surface area contributed by atoms with Gasteiger partial charge in [-0.3, -0.25) is 0 Å². The number of methoxy groups -OCH3 is 1. The first-order valence-corrected chi connectivity index (χ1v) is 8.36. The highest BCUT2D eigenvalue weighted by molar-refractivity contribution is 9.10. The van der Waals surface area contributed by atoms with Crippen LogP contribution in [-0.4, -0.2) is 30.3 Å². The zero-order chi connectivity index (χ0) is 19.6. The van der Waals surface area contributed by atoms with Gasteiger partial charge in [0.1, 0.15) is 23.3 Å². The predicted molar refractivity (Wildman–Crippen MR) is 92.4 cm³/mol. The molecule has 0 spiro atoms. The van der Waals surface area contributed by atoms with Crippen LogP contribution in [0.15, 0.2) is 41.1 Å². The van der Waals surface area contributed by atoms with E-state index in [1.165, 1.54) is 19.2 Å². The van der Waals surface area contributed by atoms with E-state index in [1.54, 1.807) is 18.5 Å². The maximum atomic E-state index is 12.6. The second-order valence-electron chi connectivity index (χ2n) is 5.40. The number of ether oxygens (including phenoxy) is 3. The number of aromatic nitrogens is 2. The Kier molecular flexibility index (Phi) is 5.85. The highest BCUT2D eigenvalue weighted by Gasteiger charge is 2.21. The Bertz CT molecular complexity index is 907. The third-order valence-corrected chi connectivity index (χ3v) is 4.14. The molecule has 1 unspecified atom stereocenters. The molecule has 0 fully saturated rings. The van der Waals surface area contributed by atoms with E-state index in [0.717, 1.165) is 10.5 Å². The summed E-state index contributed by atoms with van der Waals surface area (Å²) < 4.78 is 65.3. The molecule has 0 aliphatic carbocycles. The number of rotatable bonds is 7. The number of fused-ring (bicyclic) bond motifs is 1. The van der Waals surface area contributed by atoms with Gasteiger partial charge in [0, 0.05) is 41.0 Å². The third kappa shape index (κ3) is 4.51. The molecule has 3 rings (SSSR count). The highest BCUT2D eigenvalue weighted by atomic mass is 79.9. The molecule has 10 heteroatoms. The van der Waals surface area contributed by atoms with Crippen molar-refractivity contribution in [1.82, 2.24) is 9.97 Å². The second kappa shape index (κ2) is 8.13. The zero-order valence-electron chi connectivity index (χ0n) is 13.8. The highest BCUT2D eigenvalue weighted by Crippen LogP contribution is 2.36. The zero-order valence-corrected chi connectivity index (χ0v) is 15.3. The molecule has 1 N–H and O–H groups in total. The van der Waals surface area contributed by atoms with Gasteiger partial charge in [0.2, 0.25) is 0 Å². The van der Waals surface area contributed by atoms with E-state index in [0.29, 0.717) is 22.2 Å². The number of hydrogen-bond donors (Lipinski definition) is 1. The Balaban J connectivity index is 2.08. The largest absolute Gasteiger partial charge is 0.435 e. The lowest BCUT2D eigenvalue weighted by molar-refractivity contribution is -0.0545. The number of benzene rings is 1. The SMILES string of the molecule is COC(c1cc(OC(F)F)cc(OC(F)F)c1)c1c[nH]c2ncc(Br)cc12. The second-order valence-corrected chi connectivity index (χ2v) is 6.32. The summed E-state index contributed by atoms with van der Waals surface area (Å²) >= 11 is 3.33. The lowest BCUT2D eigenvalue weighted by Gasteiger charge is -2.18. The van der Waals surface area contributed by atoms with Crippen LogP contribution in [-0.2, 0) is 4.74 Å². The Morgan fingerprint density at radius 3 is 2.19 bits per heavy atom. The van der Waals surface area contributed by atoms with Crippen LogP contribution >= 0.6 is 15.9 Å². The number of hydrogen-bond acceptors (Lipinski definition) is 4. The van der Waals surface area contributed by atoms with Gasteiger partial charge in [-0.2, -0.15) is 17.6 Å². The number of halogens is 5.